The largest absolute Gasteiger partial charge is 0.466 e. The monoisotopic (exact) mass is 224 g/mol. The Kier molecular flexibility index (Phi) is 4.56. The summed E-state index contributed by atoms with van der Waals surface area (Å²) in [5.74, 6) is 8.26. The molecule has 0 spiro atoms. The Morgan fingerprint density at radius 1 is 1.12 bits per heavy atom. The van der Waals surface area contributed by atoms with Gasteiger partial charge in [-0.15, -0.1) is 0 Å². The van der Waals surface area contributed by atoms with Crippen molar-refractivity contribution in [1.29, 1.82) is 0 Å². The molecule has 0 bridgehead atoms. The number of rotatable bonds is 5. The van der Waals surface area contributed by atoms with Crippen molar-refractivity contribution in [2.45, 2.75) is 53.5 Å². The van der Waals surface area contributed by atoms with E-state index in [4.69, 9.17) is 10.3 Å². The van der Waals surface area contributed by atoms with E-state index in [2.05, 4.69) is 26.2 Å². The lowest BCUT2D eigenvalue weighted by Gasteiger charge is -2.25. The normalized spacial score (nSPS) is 13.4. The van der Waals surface area contributed by atoms with Gasteiger partial charge in [0.25, 0.3) is 0 Å². The van der Waals surface area contributed by atoms with Crippen LogP contribution in [-0.2, 0) is 0 Å². The zero-order valence-electron chi connectivity index (χ0n) is 11.1. The summed E-state index contributed by atoms with van der Waals surface area (Å²) in [6.07, 6.45) is 2.24. The summed E-state index contributed by atoms with van der Waals surface area (Å²) in [5, 5.41) is 0. The molecule has 0 aliphatic rings. The van der Waals surface area contributed by atoms with E-state index >= 15 is 0 Å². The molecule has 0 fully saturated rings. The number of nitrogens with two attached hydrogens (primary N) is 1. The first-order chi connectivity index (χ1) is 7.56. The van der Waals surface area contributed by atoms with Crippen molar-refractivity contribution in [2.24, 2.45) is 11.8 Å². The zero-order valence-corrected chi connectivity index (χ0v) is 11.1. The first kappa shape index (κ1) is 13.3. The molecule has 1 aromatic heterocycles. The van der Waals surface area contributed by atoms with Crippen LogP contribution in [0.2, 0.25) is 0 Å². The molecule has 0 aliphatic heterocycles. The van der Waals surface area contributed by atoms with Crippen molar-refractivity contribution in [3.63, 3.8) is 0 Å². The maximum atomic E-state index is 5.71. The second-order valence-corrected chi connectivity index (χ2v) is 4.47. The van der Waals surface area contributed by atoms with E-state index in [9.17, 15) is 0 Å². The van der Waals surface area contributed by atoms with E-state index in [0.29, 0.717) is 5.92 Å². The van der Waals surface area contributed by atoms with E-state index in [1.807, 2.05) is 13.8 Å². The van der Waals surface area contributed by atoms with Gasteiger partial charge in [-0.3, -0.25) is 11.3 Å². The van der Waals surface area contributed by atoms with E-state index < -0.39 is 0 Å². The number of aryl methyl sites for hydroxylation is 2. The highest BCUT2D eigenvalue weighted by Crippen LogP contribution is 2.33. The summed E-state index contributed by atoms with van der Waals surface area (Å²) in [4.78, 5) is 0. The molecule has 0 saturated carbocycles. The molecule has 1 heterocycles. The average Bonchev–Trinajstić information content (AvgIpc) is 2.51. The van der Waals surface area contributed by atoms with Crippen LogP contribution in [0.25, 0.3) is 0 Å². The number of nitrogens with one attached hydrogen (secondary N) is 1. The van der Waals surface area contributed by atoms with Crippen molar-refractivity contribution in [2.75, 3.05) is 0 Å². The summed E-state index contributed by atoms with van der Waals surface area (Å²) in [5.41, 5.74) is 5.43. The average molecular weight is 224 g/mol. The predicted octanol–water partition coefficient (Wildman–Crippen LogP) is 3.15. The highest BCUT2D eigenvalue weighted by Gasteiger charge is 2.25. The maximum Gasteiger partial charge on any atom is 0.106 e. The molecule has 0 aliphatic carbocycles. The first-order valence-corrected chi connectivity index (χ1v) is 6.09. The van der Waals surface area contributed by atoms with Gasteiger partial charge in [0.2, 0.25) is 0 Å². The van der Waals surface area contributed by atoms with Crippen LogP contribution in [0.4, 0.5) is 0 Å². The Balaban J connectivity index is 3.12. The second kappa shape index (κ2) is 5.51. The maximum absolute atomic E-state index is 5.71. The van der Waals surface area contributed by atoms with Gasteiger partial charge in [-0.25, -0.2) is 0 Å². The van der Waals surface area contributed by atoms with Crippen LogP contribution in [0.5, 0.6) is 0 Å². The highest BCUT2D eigenvalue weighted by atomic mass is 16.3. The van der Waals surface area contributed by atoms with Gasteiger partial charge < -0.3 is 4.42 Å². The minimum atomic E-state index is 0.201. The first-order valence-electron chi connectivity index (χ1n) is 6.09. The summed E-state index contributed by atoms with van der Waals surface area (Å²) >= 11 is 0. The summed E-state index contributed by atoms with van der Waals surface area (Å²) < 4.78 is 5.67. The van der Waals surface area contributed by atoms with E-state index in [1.54, 1.807) is 0 Å². The predicted molar refractivity (Wildman–Crippen MR) is 67.1 cm³/mol. The standard InChI is InChI=1S/C13H24N2O/c1-6-11(7-2)13(15-14)12-8(3)9(4)16-10(12)5/h11,13,15H,6-7,14H2,1-5H3. The molecule has 1 aromatic rings. The van der Waals surface area contributed by atoms with Crippen LogP contribution >= 0.6 is 0 Å². The Bertz CT molecular complexity index is 340. The fourth-order valence-corrected chi connectivity index (χ4v) is 2.48. The molecule has 3 nitrogen and oxygen atoms in total. The third kappa shape index (κ3) is 2.30. The van der Waals surface area contributed by atoms with Crippen molar-refractivity contribution < 1.29 is 4.42 Å². The molecular weight excluding hydrogens is 200 g/mol. The SMILES string of the molecule is CCC(CC)C(NN)c1c(C)oc(C)c1C. The Labute approximate surface area is 98.4 Å². The molecule has 1 unspecified atom stereocenters. The van der Waals surface area contributed by atoms with Gasteiger partial charge in [0.05, 0.1) is 6.04 Å². The van der Waals surface area contributed by atoms with Crippen LogP contribution in [0.1, 0.15) is 55.4 Å². The third-order valence-corrected chi connectivity index (χ3v) is 3.63. The van der Waals surface area contributed by atoms with E-state index in [0.717, 1.165) is 24.4 Å². The van der Waals surface area contributed by atoms with Crippen LogP contribution in [0.3, 0.4) is 0 Å². The van der Waals surface area contributed by atoms with Gasteiger partial charge in [-0.05, 0) is 32.3 Å². The van der Waals surface area contributed by atoms with Gasteiger partial charge in [0, 0.05) is 5.56 Å². The van der Waals surface area contributed by atoms with Crippen molar-refractivity contribution in [3.8, 4) is 0 Å². The fourth-order valence-electron chi connectivity index (χ4n) is 2.48. The Hall–Kier alpha value is -0.800. The second-order valence-electron chi connectivity index (χ2n) is 4.47. The summed E-state index contributed by atoms with van der Waals surface area (Å²) in [7, 11) is 0. The van der Waals surface area contributed by atoms with Gasteiger partial charge >= 0.3 is 0 Å². The third-order valence-electron chi connectivity index (χ3n) is 3.63. The van der Waals surface area contributed by atoms with Crippen molar-refractivity contribution in [3.05, 3.63) is 22.6 Å². The Morgan fingerprint density at radius 3 is 2.00 bits per heavy atom. The topological polar surface area (TPSA) is 51.2 Å². The molecule has 1 rings (SSSR count). The van der Waals surface area contributed by atoms with Crippen molar-refractivity contribution >= 4 is 0 Å². The van der Waals surface area contributed by atoms with Crippen LogP contribution in [-0.4, -0.2) is 0 Å². The van der Waals surface area contributed by atoms with E-state index in [-0.39, 0.29) is 6.04 Å². The highest BCUT2D eigenvalue weighted by molar-refractivity contribution is 5.34. The smallest absolute Gasteiger partial charge is 0.106 e. The molecule has 0 radical (unpaired) electrons. The van der Waals surface area contributed by atoms with Crippen LogP contribution < -0.4 is 11.3 Å². The molecular formula is C13H24N2O. The molecule has 3 N–H and O–H groups in total. The number of hydrogen-bond donors (Lipinski definition) is 2. The number of furan rings is 1. The summed E-state index contributed by atoms with van der Waals surface area (Å²) in [6, 6.07) is 0.201. The molecule has 0 aromatic carbocycles. The number of hydrogen-bond acceptors (Lipinski definition) is 3. The van der Waals surface area contributed by atoms with Gasteiger partial charge in [0.15, 0.2) is 0 Å². The quantitative estimate of drug-likeness (QED) is 0.596. The lowest BCUT2D eigenvalue weighted by Crippen LogP contribution is -2.33. The van der Waals surface area contributed by atoms with Gasteiger partial charge in [-0.2, -0.15) is 0 Å². The lowest BCUT2D eigenvalue weighted by atomic mass is 9.87. The molecule has 0 amide bonds. The fraction of sp³-hybridized carbons (Fsp3) is 0.692. The van der Waals surface area contributed by atoms with E-state index in [1.165, 1.54) is 11.1 Å². The summed E-state index contributed by atoms with van der Waals surface area (Å²) in [6.45, 7) is 10.5. The molecule has 1 atom stereocenters. The molecule has 92 valence electrons. The minimum Gasteiger partial charge on any atom is -0.466 e. The lowest BCUT2D eigenvalue weighted by molar-refractivity contribution is 0.340. The zero-order chi connectivity index (χ0) is 12.3. The van der Waals surface area contributed by atoms with Gasteiger partial charge in [0.1, 0.15) is 11.5 Å². The number of hydrazine groups is 1. The van der Waals surface area contributed by atoms with Crippen LogP contribution in [0.15, 0.2) is 4.42 Å². The molecule has 3 heteroatoms. The minimum absolute atomic E-state index is 0.201. The van der Waals surface area contributed by atoms with Gasteiger partial charge in [-0.1, -0.05) is 26.7 Å². The molecule has 0 saturated heterocycles. The Morgan fingerprint density at radius 2 is 1.69 bits per heavy atom. The van der Waals surface area contributed by atoms with Crippen LogP contribution in [0, 0.1) is 26.7 Å². The molecule has 16 heavy (non-hydrogen) atoms. The van der Waals surface area contributed by atoms with Crippen molar-refractivity contribution in [1.82, 2.24) is 5.43 Å².